The second-order valence-electron chi connectivity index (χ2n) is 6.45. The van der Waals surface area contributed by atoms with Crippen molar-refractivity contribution in [3.8, 4) is 0 Å². The van der Waals surface area contributed by atoms with Crippen LogP contribution in [0.2, 0.25) is 0 Å². The van der Waals surface area contributed by atoms with E-state index in [1.807, 2.05) is 18.2 Å². The molecule has 22 heavy (non-hydrogen) atoms. The molecule has 1 heterocycles. The predicted octanol–water partition coefficient (Wildman–Crippen LogP) is 2.20. The third-order valence-electron chi connectivity index (χ3n) is 4.28. The number of benzene rings is 1. The number of hydrogen-bond acceptors (Lipinski definition) is 3. The Morgan fingerprint density at radius 2 is 2.05 bits per heavy atom. The van der Waals surface area contributed by atoms with Gasteiger partial charge in [0.05, 0.1) is 6.10 Å². The van der Waals surface area contributed by atoms with E-state index in [9.17, 15) is 9.59 Å². The molecule has 1 unspecified atom stereocenters. The largest absolute Gasteiger partial charge is 0.481 e. The van der Waals surface area contributed by atoms with E-state index in [4.69, 9.17) is 9.84 Å². The number of rotatable bonds is 5. The van der Waals surface area contributed by atoms with Gasteiger partial charge >= 0.3 is 5.97 Å². The van der Waals surface area contributed by atoms with Crippen molar-refractivity contribution in [2.45, 2.75) is 32.8 Å². The number of aryl methyl sites for hydroxylation is 1. The summed E-state index contributed by atoms with van der Waals surface area (Å²) in [7, 11) is 1.67. The van der Waals surface area contributed by atoms with Crippen molar-refractivity contribution in [3.63, 3.8) is 0 Å². The van der Waals surface area contributed by atoms with Crippen LogP contribution in [0.4, 0.5) is 0 Å². The number of carboxylic acid groups (broad SMARTS) is 1. The highest BCUT2D eigenvalue weighted by atomic mass is 16.5. The predicted molar refractivity (Wildman–Crippen MR) is 82.9 cm³/mol. The fraction of sp³-hybridized carbons (Fsp3) is 0.529. The number of carboxylic acids is 1. The zero-order valence-electron chi connectivity index (χ0n) is 13.3. The molecule has 1 aromatic carbocycles. The minimum absolute atomic E-state index is 0.0163. The van der Waals surface area contributed by atoms with Gasteiger partial charge in [-0.05, 0) is 18.1 Å². The van der Waals surface area contributed by atoms with Crippen LogP contribution in [0, 0.1) is 5.41 Å². The summed E-state index contributed by atoms with van der Waals surface area (Å²) in [6.07, 6.45) is 0.404. The molecule has 0 bridgehead atoms. The minimum Gasteiger partial charge on any atom is -0.481 e. The maximum atomic E-state index is 12.8. The van der Waals surface area contributed by atoms with E-state index in [1.54, 1.807) is 18.1 Å². The molecular formula is C17H23NO4. The van der Waals surface area contributed by atoms with Crippen LogP contribution in [0.1, 0.15) is 36.2 Å². The summed E-state index contributed by atoms with van der Waals surface area (Å²) in [5.41, 5.74) is 1.30. The Morgan fingerprint density at radius 1 is 1.36 bits per heavy atom. The van der Waals surface area contributed by atoms with Crippen molar-refractivity contribution in [3.05, 3.63) is 35.4 Å². The van der Waals surface area contributed by atoms with Crippen LogP contribution in [-0.2, 0) is 16.0 Å². The fourth-order valence-corrected chi connectivity index (χ4v) is 3.01. The summed E-state index contributed by atoms with van der Waals surface area (Å²) >= 11 is 0. The van der Waals surface area contributed by atoms with E-state index in [-0.39, 0.29) is 23.8 Å². The number of likely N-dealkylation sites (tertiary alicyclic amines) is 1. The molecule has 0 aliphatic carbocycles. The van der Waals surface area contributed by atoms with E-state index < -0.39 is 5.97 Å². The van der Waals surface area contributed by atoms with Gasteiger partial charge in [0.2, 0.25) is 0 Å². The number of hydrogen-bond donors (Lipinski definition) is 1. The molecule has 120 valence electrons. The first-order chi connectivity index (χ1) is 10.3. The summed E-state index contributed by atoms with van der Waals surface area (Å²) in [4.78, 5) is 25.3. The number of nitrogens with zero attached hydrogens (tertiary/aromatic N) is 1. The summed E-state index contributed by atoms with van der Waals surface area (Å²) in [6.45, 7) is 5.38. The molecule has 5 nitrogen and oxygen atoms in total. The molecule has 1 N–H and O–H groups in total. The number of carbonyl (C=O) groups excluding carboxylic acids is 1. The van der Waals surface area contributed by atoms with Gasteiger partial charge in [-0.15, -0.1) is 0 Å². The van der Waals surface area contributed by atoms with E-state index >= 15 is 0 Å². The van der Waals surface area contributed by atoms with Crippen LogP contribution in [0.5, 0.6) is 0 Å². The first kappa shape index (κ1) is 16.5. The van der Waals surface area contributed by atoms with Crippen LogP contribution in [0.15, 0.2) is 24.3 Å². The van der Waals surface area contributed by atoms with Crippen molar-refractivity contribution in [2.75, 3.05) is 20.2 Å². The fourth-order valence-electron chi connectivity index (χ4n) is 3.01. The number of aliphatic carboxylic acids is 1. The maximum Gasteiger partial charge on any atom is 0.303 e. The third-order valence-corrected chi connectivity index (χ3v) is 4.28. The molecule has 0 aromatic heterocycles. The van der Waals surface area contributed by atoms with Gasteiger partial charge in [0.1, 0.15) is 0 Å². The second kappa shape index (κ2) is 6.48. The Hall–Kier alpha value is -1.88. The lowest BCUT2D eigenvalue weighted by Gasteiger charge is -2.23. The molecule has 1 aromatic rings. The molecule has 1 atom stereocenters. The molecule has 0 spiro atoms. The summed E-state index contributed by atoms with van der Waals surface area (Å²) in [5, 5.41) is 8.84. The highest BCUT2D eigenvalue weighted by molar-refractivity contribution is 5.96. The van der Waals surface area contributed by atoms with Crippen LogP contribution in [-0.4, -0.2) is 48.2 Å². The van der Waals surface area contributed by atoms with Crippen LogP contribution >= 0.6 is 0 Å². The zero-order chi connectivity index (χ0) is 16.3. The SMILES string of the molecule is COC1CN(C(=O)c2ccccc2CCC(=O)O)CC1(C)C. The summed E-state index contributed by atoms with van der Waals surface area (Å²) in [5.74, 6) is -0.905. The summed E-state index contributed by atoms with van der Waals surface area (Å²) in [6, 6.07) is 7.24. The van der Waals surface area contributed by atoms with Gasteiger partial charge in [-0.1, -0.05) is 32.0 Å². The van der Waals surface area contributed by atoms with Gasteiger partial charge in [0.25, 0.3) is 5.91 Å². The van der Waals surface area contributed by atoms with Crippen molar-refractivity contribution in [1.82, 2.24) is 4.90 Å². The molecule has 2 rings (SSSR count). The topological polar surface area (TPSA) is 66.8 Å². The van der Waals surface area contributed by atoms with Crippen LogP contribution in [0.25, 0.3) is 0 Å². The molecule has 1 fully saturated rings. The highest BCUT2D eigenvalue weighted by Crippen LogP contribution is 2.32. The summed E-state index contributed by atoms with van der Waals surface area (Å²) < 4.78 is 5.48. The van der Waals surface area contributed by atoms with Gasteiger partial charge < -0.3 is 14.7 Å². The van der Waals surface area contributed by atoms with Crippen LogP contribution in [0.3, 0.4) is 0 Å². The molecule has 0 saturated carbocycles. The monoisotopic (exact) mass is 305 g/mol. The lowest BCUT2D eigenvalue weighted by Crippen LogP contribution is -2.31. The Labute approximate surface area is 130 Å². The first-order valence-corrected chi connectivity index (χ1v) is 7.47. The standard InChI is InChI=1S/C17H23NO4/c1-17(2)11-18(10-14(17)22-3)16(21)13-7-5-4-6-12(13)8-9-15(19)20/h4-7,14H,8-11H2,1-3H3,(H,19,20). The van der Waals surface area contributed by atoms with E-state index in [2.05, 4.69) is 13.8 Å². The normalized spacial score (nSPS) is 20.1. The maximum absolute atomic E-state index is 12.8. The molecule has 5 heteroatoms. The van der Waals surface area contributed by atoms with E-state index in [0.717, 1.165) is 5.56 Å². The Balaban J connectivity index is 2.18. The Kier molecular flexibility index (Phi) is 4.86. The average molecular weight is 305 g/mol. The van der Waals surface area contributed by atoms with Gasteiger partial charge in [-0.3, -0.25) is 9.59 Å². The third kappa shape index (κ3) is 3.47. The lowest BCUT2D eigenvalue weighted by atomic mass is 9.90. The molecule has 0 radical (unpaired) electrons. The van der Waals surface area contributed by atoms with Crippen LogP contribution < -0.4 is 0 Å². The number of amides is 1. The first-order valence-electron chi connectivity index (χ1n) is 7.47. The lowest BCUT2D eigenvalue weighted by molar-refractivity contribution is -0.136. The molecular weight excluding hydrogens is 282 g/mol. The molecule has 1 aliphatic heterocycles. The minimum atomic E-state index is -0.857. The molecule has 1 saturated heterocycles. The molecule has 1 amide bonds. The number of methoxy groups -OCH3 is 1. The quantitative estimate of drug-likeness (QED) is 0.905. The van der Waals surface area contributed by atoms with Crippen molar-refractivity contribution in [1.29, 1.82) is 0 Å². The zero-order valence-corrected chi connectivity index (χ0v) is 13.3. The number of ether oxygens (including phenoxy) is 1. The second-order valence-corrected chi connectivity index (χ2v) is 6.45. The van der Waals surface area contributed by atoms with E-state index in [0.29, 0.717) is 25.1 Å². The highest BCUT2D eigenvalue weighted by Gasteiger charge is 2.41. The van der Waals surface area contributed by atoms with Gasteiger partial charge in [0, 0.05) is 37.6 Å². The van der Waals surface area contributed by atoms with Gasteiger partial charge in [0.15, 0.2) is 0 Å². The van der Waals surface area contributed by atoms with Gasteiger partial charge in [-0.2, -0.15) is 0 Å². The smallest absolute Gasteiger partial charge is 0.303 e. The van der Waals surface area contributed by atoms with E-state index in [1.165, 1.54) is 0 Å². The average Bonchev–Trinajstić information content (AvgIpc) is 2.79. The molecule has 1 aliphatic rings. The van der Waals surface area contributed by atoms with Crippen molar-refractivity contribution in [2.24, 2.45) is 5.41 Å². The number of carbonyl (C=O) groups is 2. The van der Waals surface area contributed by atoms with Crippen molar-refractivity contribution >= 4 is 11.9 Å². The van der Waals surface area contributed by atoms with Crippen molar-refractivity contribution < 1.29 is 19.4 Å². The Morgan fingerprint density at radius 3 is 2.64 bits per heavy atom. The van der Waals surface area contributed by atoms with Gasteiger partial charge in [-0.25, -0.2) is 0 Å². The Bertz CT molecular complexity index is 568.